The number of azo groups is 1. The van der Waals surface area contributed by atoms with E-state index in [0.717, 1.165) is 16.8 Å². The molecule has 0 bridgehead atoms. The van der Waals surface area contributed by atoms with E-state index >= 15 is 0 Å². The fourth-order valence-corrected chi connectivity index (χ4v) is 5.60. The van der Waals surface area contributed by atoms with Gasteiger partial charge < -0.3 is 14.3 Å². The standard InChI is InChI=1S/C24H25N3O5S/c1-31-21-8-7-17-23(28)22(13-20-16-5-3-4-6-19(16)25-26-20)32-24(17)18(21)14-27-11-9-15(10-12-27)33(2,29)30/h3-8,13,15,28H,9-12,14H2,1-2H3. The first-order chi connectivity index (χ1) is 15.8. The van der Waals surface area contributed by atoms with Crippen LogP contribution in [0.1, 0.15) is 29.7 Å². The maximum absolute atomic E-state index is 11.9. The second kappa shape index (κ2) is 8.31. The minimum Gasteiger partial charge on any atom is -0.504 e. The van der Waals surface area contributed by atoms with Crippen molar-refractivity contribution in [3.63, 3.8) is 0 Å². The summed E-state index contributed by atoms with van der Waals surface area (Å²) in [7, 11) is -1.43. The van der Waals surface area contributed by atoms with E-state index in [1.54, 1.807) is 19.3 Å². The predicted molar refractivity (Wildman–Crippen MR) is 126 cm³/mol. The van der Waals surface area contributed by atoms with Gasteiger partial charge >= 0.3 is 0 Å². The predicted octanol–water partition coefficient (Wildman–Crippen LogP) is 4.75. The highest BCUT2D eigenvalue weighted by Crippen LogP contribution is 2.42. The first kappa shape index (κ1) is 21.7. The Balaban J connectivity index is 1.49. The van der Waals surface area contributed by atoms with Gasteiger partial charge in [-0.1, -0.05) is 18.2 Å². The molecule has 2 aliphatic rings. The summed E-state index contributed by atoms with van der Waals surface area (Å²) in [5, 5.41) is 19.6. The average molecular weight is 468 g/mol. The van der Waals surface area contributed by atoms with Crippen LogP contribution in [-0.4, -0.2) is 50.1 Å². The van der Waals surface area contributed by atoms with E-state index in [-0.39, 0.29) is 11.0 Å². The second-order valence-corrected chi connectivity index (χ2v) is 10.8. The lowest BCUT2D eigenvalue weighted by molar-refractivity contribution is 0.219. The lowest BCUT2D eigenvalue weighted by atomic mass is 10.1. The van der Waals surface area contributed by atoms with Gasteiger partial charge in [-0.15, -0.1) is 10.2 Å². The van der Waals surface area contributed by atoms with Crippen LogP contribution in [-0.2, 0) is 16.4 Å². The zero-order valence-corrected chi connectivity index (χ0v) is 19.3. The Kier molecular flexibility index (Phi) is 5.46. The summed E-state index contributed by atoms with van der Waals surface area (Å²) in [6.45, 7) is 1.86. The lowest BCUT2D eigenvalue weighted by Gasteiger charge is -2.31. The van der Waals surface area contributed by atoms with E-state index < -0.39 is 9.84 Å². The molecule has 1 saturated heterocycles. The summed E-state index contributed by atoms with van der Waals surface area (Å²) in [6, 6.07) is 11.2. The van der Waals surface area contributed by atoms with E-state index in [2.05, 4.69) is 15.1 Å². The number of furan rings is 1. The van der Waals surface area contributed by atoms with Gasteiger partial charge in [0.25, 0.3) is 0 Å². The van der Waals surface area contributed by atoms with Crippen molar-refractivity contribution in [1.82, 2.24) is 4.90 Å². The molecule has 2 aromatic carbocycles. The summed E-state index contributed by atoms with van der Waals surface area (Å²) in [6.07, 6.45) is 4.20. The summed E-state index contributed by atoms with van der Waals surface area (Å²) >= 11 is 0. The van der Waals surface area contributed by atoms with E-state index in [1.165, 1.54) is 6.26 Å². The molecule has 1 fully saturated rings. The molecule has 0 saturated carbocycles. The highest BCUT2D eigenvalue weighted by molar-refractivity contribution is 7.91. The van der Waals surface area contributed by atoms with Crippen LogP contribution in [0, 0.1) is 0 Å². The number of sulfone groups is 1. The number of ether oxygens (including phenoxy) is 1. The van der Waals surface area contributed by atoms with Crippen molar-refractivity contribution in [2.24, 2.45) is 10.2 Å². The minimum atomic E-state index is -3.03. The van der Waals surface area contributed by atoms with Crippen LogP contribution >= 0.6 is 0 Å². The fraction of sp³-hybridized carbons (Fsp3) is 0.333. The monoisotopic (exact) mass is 467 g/mol. The van der Waals surface area contributed by atoms with E-state index in [0.29, 0.717) is 60.7 Å². The van der Waals surface area contributed by atoms with Crippen LogP contribution in [0.15, 0.2) is 51.0 Å². The van der Waals surface area contributed by atoms with E-state index in [1.807, 2.05) is 30.3 Å². The topological polar surface area (TPSA) is 105 Å². The van der Waals surface area contributed by atoms with Crippen molar-refractivity contribution in [3.05, 3.63) is 53.3 Å². The second-order valence-electron chi connectivity index (χ2n) is 8.49. The average Bonchev–Trinajstić information content (AvgIpc) is 3.35. The number of nitrogens with zero attached hydrogens (tertiary/aromatic N) is 3. The van der Waals surface area contributed by atoms with Crippen LogP contribution < -0.4 is 4.74 Å². The minimum absolute atomic E-state index is 0.0387. The van der Waals surface area contributed by atoms with E-state index in [4.69, 9.17) is 9.15 Å². The van der Waals surface area contributed by atoms with Gasteiger partial charge in [0.05, 0.1) is 34.7 Å². The van der Waals surface area contributed by atoms with Crippen molar-refractivity contribution < 1.29 is 22.7 Å². The molecular formula is C24H25N3O5S. The van der Waals surface area contributed by atoms with Gasteiger partial charge in [0.1, 0.15) is 21.2 Å². The Bertz CT molecular complexity index is 1380. The number of likely N-dealkylation sites (tertiary alicyclic amines) is 1. The summed E-state index contributed by atoms with van der Waals surface area (Å²) in [5.41, 5.74) is 3.65. The van der Waals surface area contributed by atoms with Crippen LogP contribution in [0.2, 0.25) is 0 Å². The molecule has 3 aromatic rings. The van der Waals surface area contributed by atoms with Gasteiger partial charge in [0, 0.05) is 24.4 Å². The molecule has 0 aliphatic carbocycles. The van der Waals surface area contributed by atoms with Crippen molar-refractivity contribution in [2.75, 3.05) is 26.5 Å². The summed E-state index contributed by atoms with van der Waals surface area (Å²) in [5.74, 6) is 1.00. The third kappa shape index (κ3) is 4.02. The van der Waals surface area contributed by atoms with Gasteiger partial charge in [-0.25, -0.2) is 8.42 Å². The Labute approximate surface area is 192 Å². The number of methoxy groups -OCH3 is 1. The number of rotatable bonds is 5. The van der Waals surface area contributed by atoms with Crippen molar-refractivity contribution in [3.8, 4) is 11.5 Å². The molecule has 3 heterocycles. The number of hydrogen-bond donors (Lipinski definition) is 1. The Morgan fingerprint density at radius 2 is 1.94 bits per heavy atom. The SMILES string of the molecule is COc1ccc2c(O)c(C=C3N=Nc4ccccc43)oc2c1CN1CCC(S(C)(=O)=O)CC1. The molecule has 0 unspecified atom stereocenters. The first-order valence-corrected chi connectivity index (χ1v) is 12.8. The van der Waals surface area contributed by atoms with Gasteiger partial charge in [-0.2, -0.15) is 0 Å². The molecule has 1 N–H and O–H groups in total. The zero-order valence-electron chi connectivity index (χ0n) is 18.5. The lowest BCUT2D eigenvalue weighted by Crippen LogP contribution is -2.38. The van der Waals surface area contributed by atoms with Crippen LogP contribution in [0.25, 0.3) is 22.7 Å². The molecule has 172 valence electrons. The molecule has 0 amide bonds. The highest BCUT2D eigenvalue weighted by atomic mass is 32.2. The third-order valence-corrected chi connectivity index (χ3v) is 8.06. The normalized spacial score (nSPS) is 18.3. The maximum Gasteiger partial charge on any atom is 0.172 e. The van der Waals surface area contributed by atoms with Gasteiger partial charge in [0.15, 0.2) is 11.5 Å². The van der Waals surface area contributed by atoms with Crippen LogP contribution in [0.3, 0.4) is 0 Å². The van der Waals surface area contributed by atoms with E-state index in [9.17, 15) is 13.5 Å². The molecular weight excluding hydrogens is 442 g/mol. The molecule has 9 heteroatoms. The number of hydrogen-bond acceptors (Lipinski definition) is 8. The van der Waals surface area contributed by atoms with Gasteiger partial charge in [0.2, 0.25) is 0 Å². The Hall–Kier alpha value is -3.17. The Morgan fingerprint density at radius 1 is 1.18 bits per heavy atom. The van der Waals surface area contributed by atoms with Gasteiger partial charge in [-0.05, 0) is 44.1 Å². The fourth-order valence-electron chi connectivity index (χ4n) is 4.53. The van der Waals surface area contributed by atoms with Crippen LogP contribution in [0.4, 0.5) is 5.69 Å². The van der Waals surface area contributed by atoms with Gasteiger partial charge in [-0.3, -0.25) is 4.90 Å². The number of fused-ring (bicyclic) bond motifs is 2. The summed E-state index contributed by atoms with van der Waals surface area (Å²) in [4.78, 5) is 2.19. The maximum atomic E-state index is 11.9. The molecule has 5 rings (SSSR count). The first-order valence-electron chi connectivity index (χ1n) is 10.8. The summed E-state index contributed by atoms with van der Waals surface area (Å²) < 4.78 is 35.5. The number of benzene rings is 2. The van der Waals surface area contributed by atoms with Crippen LogP contribution in [0.5, 0.6) is 11.5 Å². The Morgan fingerprint density at radius 3 is 2.67 bits per heavy atom. The number of piperidine rings is 1. The smallest absolute Gasteiger partial charge is 0.172 e. The zero-order chi connectivity index (χ0) is 23.2. The molecule has 0 atom stereocenters. The molecule has 0 spiro atoms. The van der Waals surface area contributed by atoms with Crippen molar-refractivity contribution >= 4 is 38.3 Å². The molecule has 0 radical (unpaired) electrons. The van der Waals surface area contributed by atoms with Crippen molar-refractivity contribution in [1.29, 1.82) is 0 Å². The largest absolute Gasteiger partial charge is 0.504 e. The highest BCUT2D eigenvalue weighted by Gasteiger charge is 2.28. The molecule has 2 aliphatic heterocycles. The molecule has 1 aromatic heterocycles. The molecule has 8 nitrogen and oxygen atoms in total. The molecule has 33 heavy (non-hydrogen) atoms. The number of aromatic hydroxyl groups is 1. The quantitative estimate of drug-likeness (QED) is 0.581. The van der Waals surface area contributed by atoms with Crippen molar-refractivity contribution in [2.45, 2.75) is 24.6 Å². The third-order valence-electron chi connectivity index (χ3n) is 6.37.